The number of amides is 2. The van der Waals surface area contributed by atoms with Crippen molar-refractivity contribution in [2.24, 2.45) is 4.99 Å². The number of aromatic nitrogens is 1. The molecule has 0 spiro atoms. The molecule has 0 aliphatic rings. The van der Waals surface area contributed by atoms with Crippen LogP contribution in [0, 0.1) is 6.92 Å². The van der Waals surface area contributed by atoms with Crippen LogP contribution >= 0.6 is 0 Å². The van der Waals surface area contributed by atoms with E-state index in [9.17, 15) is 10.0 Å². The Morgan fingerprint density at radius 3 is 3.00 bits per heavy atom. The lowest BCUT2D eigenvalue weighted by molar-refractivity contribution is 0.164. The van der Waals surface area contributed by atoms with Gasteiger partial charge < -0.3 is 10.5 Å². The van der Waals surface area contributed by atoms with E-state index in [0.717, 1.165) is 17.6 Å². The molecule has 88 valence electrons. The lowest BCUT2D eigenvalue weighted by Gasteiger charge is -2.02. The van der Waals surface area contributed by atoms with Crippen molar-refractivity contribution in [3.05, 3.63) is 29.4 Å². The normalized spacial score (nSPS) is 11.5. The van der Waals surface area contributed by atoms with Crippen LogP contribution in [0.25, 0.3) is 0 Å². The summed E-state index contributed by atoms with van der Waals surface area (Å²) in [6.07, 6.45) is 1.94. The maximum Gasteiger partial charge on any atom is 0.343 e. The van der Waals surface area contributed by atoms with Gasteiger partial charge in [-0.3, -0.25) is 0 Å². The molecule has 0 saturated heterocycles. The highest BCUT2D eigenvalue weighted by molar-refractivity contribution is 5.74. The molecule has 16 heavy (non-hydrogen) atoms. The van der Waals surface area contributed by atoms with E-state index < -0.39 is 6.03 Å². The van der Waals surface area contributed by atoms with Gasteiger partial charge in [-0.05, 0) is 25.5 Å². The first-order valence-corrected chi connectivity index (χ1v) is 5.35. The molecule has 0 radical (unpaired) electrons. The standard InChI is InChI=1S/C11H17N3O2/c1-3-4-8-12-11(15)13-10-7-5-6-9(2)14(10)16/h5-7,16H,3-4,8H2,1-2H3,(H,12,15)/b13-10-. The molecule has 0 aliphatic heterocycles. The minimum Gasteiger partial charge on any atom is -0.427 e. The number of hydrogen-bond donors (Lipinski definition) is 2. The highest BCUT2D eigenvalue weighted by atomic mass is 16.5. The SMILES string of the molecule is CCCCNC(=O)/N=c1/cccc(C)n1O. The van der Waals surface area contributed by atoms with Gasteiger partial charge in [-0.15, -0.1) is 0 Å². The molecule has 0 aliphatic carbocycles. The van der Waals surface area contributed by atoms with E-state index in [-0.39, 0.29) is 5.49 Å². The van der Waals surface area contributed by atoms with Crippen LogP contribution in [-0.4, -0.2) is 22.5 Å². The summed E-state index contributed by atoms with van der Waals surface area (Å²) in [6.45, 7) is 4.38. The molecule has 2 N–H and O–H groups in total. The van der Waals surface area contributed by atoms with E-state index in [1.54, 1.807) is 25.1 Å². The van der Waals surface area contributed by atoms with Gasteiger partial charge >= 0.3 is 6.03 Å². The van der Waals surface area contributed by atoms with Crippen LogP contribution in [0.1, 0.15) is 25.5 Å². The largest absolute Gasteiger partial charge is 0.427 e. The second-order valence-electron chi connectivity index (χ2n) is 3.53. The number of rotatable bonds is 3. The summed E-state index contributed by atoms with van der Waals surface area (Å²) in [5.41, 5.74) is 0.858. The molecule has 0 aromatic carbocycles. The summed E-state index contributed by atoms with van der Waals surface area (Å²) in [4.78, 5) is 15.1. The Balaban J connectivity index is 2.75. The van der Waals surface area contributed by atoms with Crippen molar-refractivity contribution in [2.45, 2.75) is 26.7 Å². The maximum absolute atomic E-state index is 11.3. The minimum absolute atomic E-state index is 0.231. The Morgan fingerprint density at radius 2 is 2.31 bits per heavy atom. The Kier molecular flexibility index (Phi) is 4.57. The lowest BCUT2D eigenvalue weighted by atomic mass is 10.3. The van der Waals surface area contributed by atoms with Gasteiger partial charge in [-0.25, -0.2) is 4.79 Å². The molecule has 1 aromatic heterocycles. The average molecular weight is 223 g/mol. The highest BCUT2D eigenvalue weighted by Gasteiger charge is 1.98. The van der Waals surface area contributed by atoms with Crippen molar-refractivity contribution in [1.82, 2.24) is 10.0 Å². The molecule has 0 bridgehead atoms. The van der Waals surface area contributed by atoms with Crippen LogP contribution in [0.15, 0.2) is 23.2 Å². The zero-order valence-electron chi connectivity index (χ0n) is 9.60. The van der Waals surface area contributed by atoms with Crippen LogP contribution in [0.2, 0.25) is 0 Å². The highest BCUT2D eigenvalue weighted by Crippen LogP contribution is 1.89. The molecule has 0 atom stereocenters. The average Bonchev–Trinajstić information content (AvgIpc) is 2.25. The fourth-order valence-corrected chi connectivity index (χ4v) is 1.20. The molecule has 1 heterocycles. The quantitative estimate of drug-likeness (QED) is 0.601. The molecule has 0 unspecified atom stereocenters. The van der Waals surface area contributed by atoms with Gasteiger partial charge in [0.2, 0.25) is 0 Å². The number of aryl methyl sites for hydroxylation is 1. The molecule has 2 amide bonds. The van der Waals surface area contributed by atoms with E-state index >= 15 is 0 Å². The predicted molar refractivity (Wildman–Crippen MR) is 60.2 cm³/mol. The number of nitrogens with zero attached hydrogens (tertiary/aromatic N) is 2. The fourth-order valence-electron chi connectivity index (χ4n) is 1.20. The summed E-state index contributed by atoms with van der Waals surface area (Å²) >= 11 is 0. The number of carbonyl (C=O) groups is 1. The Hall–Kier alpha value is -1.78. The van der Waals surface area contributed by atoms with Gasteiger partial charge in [0.05, 0.1) is 5.69 Å². The van der Waals surface area contributed by atoms with Gasteiger partial charge in [-0.1, -0.05) is 19.4 Å². The summed E-state index contributed by atoms with van der Waals surface area (Å²) in [5, 5.41) is 12.2. The summed E-state index contributed by atoms with van der Waals surface area (Å²) in [5.74, 6) is 0. The van der Waals surface area contributed by atoms with Crippen LogP contribution in [0.5, 0.6) is 0 Å². The van der Waals surface area contributed by atoms with Crippen molar-refractivity contribution < 1.29 is 10.0 Å². The van der Waals surface area contributed by atoms with Crippen molar-refractivity contribution >= 4 is 6.03 Å². The van der Waals surface area contributed by atoms with E-state index in [0.29, 0.717) is 12.2 Å². The van der Waals surface area contributed by atoms with Crippen LogP contribution in [0.3, 0.4) is 0 Å². The molecule has 1 rings (SSSR count). The Bertz CT molecular complexity index is 423. The number of nitrogens with one attached hydrogen (secondary N) is 1. The molecule has 1 aromatic rings. The Morgan fingerprint density at radius 1 is 1.56 bits per heavy atom. The van der Waals surface area contributed by atoms with E-state index in [2.05, 4.69) is 10.3 Å². The van der Waals surface area contributed by atoms with Gasteiger partial charge in [0.25, 0.3) is 0 Å². The van der Waals surface area contributed by atoms with Crippen LogP contribution in [0.4, 0.5) is 4.79 Å². The zero-order chi connectivity index (χ0) is 12.0. The fraction of sp³-hybridized carbons (Fsp3) is 0.455. The van der Waals surface area contributed by atoms with Crippen LogP contribution < -0.4 is 10.8 Å². The number of pyridine rings is 1. The zero-order valence-corrected chi connectivity index (χ0v) is 9.60. The van der Waals surface area contributed by atoms with Gasteiger partial charge in [-0.2, -0.15) is 9.72 Å². The molecular formula is C11H17N3O2. The third kappa shape index (κ3) is 3.42. The van der Waals surface area contributed by atoms with Gasteiger partial charge in [0, 0.05) is 6.54 Å². The number of hydrogen-bond acceptors (Lipinski definition) is 2. The number of unbranched alkanes of at least 4 members (excludes halogenated alkanes) is 1. The smallest absolute Gasteiger partial charge is 0.343 e. The third-order valence-electron chi connectivity index (χ3n) is 2.16. The summed E-state index contributed by atoms with van der Waals surface area (Å²) in [6, 6.07) is 4.61. The van der Waals surface area contributed by atoms with Crippen molar-refractivity contribution in [1.29, 1.82) is 0 Å². The first-order valence-electron chi connectivity index (χ1n) is 5.35. The van der Waals surface area contributed by atoms with E-state index in [1.165, 1.54) is 0 Å². The van der Waals surface area contributed by atoms with Gasteiger partial charge in [0.1, 0.15) is 0 Å². The monoisotopic (exact) mass is 223 g/mol. The van der Waals surface area contributed by atoms with Crippen molar-refractivity contribution in [2.75, 3.05) is 6.54 Å². The molecule has 0 fully saturated rings. The van der Waals surface area contributed by atoms with E-state index in [1.807, 2.05) is 6.92 Å². The molecule has 0 saturated carbocycles. The molecular weight excluding hydrogens is 206 g/mol. The maximum atomic E-state index is 11.3. The minimum atomic E-state index is -0.429. The summed E-state index contributed by atoms with van der Waals surface area (Å²) in [7, 11) is 0. The number of urea groups is 1. The Labute approximate surface area is 94.4 Å². The van der Waals surface area contributed by atoms with Crippen molar-refractivity contribution in [3.8, 4) is 0 Å². The lowest BCUT2D eigenvalue weighted by Crippen LogP contribution is -2.27. The third-order valence-corrected chi connectivity index (χ3v) is 2.16. The first-order chi connectivity index (χ1) is 7.65. The molecule has 5 nitrogen and oxygen atoms in total. The first kappa shape index (κ1) is 12.3. The van der Waals surface area contributed by atoms with Crippen LogP contribution in [-0.2, 0) is 0 Å². The number of carbonyl (C=O) groups excluding carboxylic acids is 1. The van der Waals surface area contributed by atoms with Crippen molar-refractivity contribution in [3.63, 3.8) is 0 Å². The van der Waals surface area contributed by atoms with Gasteiger partial charge in [0.15, 0.2) is 5.49 Å². The predicted octanol–water partition coefficient (Wildman–Crippen LogP) is 1.44. The molecule has 5 heteroatoms. The second-order valence-corrected chi connectivity index (χ2v) is 3.53. The summed E-state index contributed by atoms with van der Waals surface area (Å²) < 4.78 is 0.888. The van der Waals surface area contributed by atoms with E-state index in [4.69, 9.17) is 0 Å². The second kappa shape index (κ2) is 5.95. The topological polar surface area (TPSA) is 66.6 Å².